The Morgan fingerprint density at radius 1 is 0.804 bits per heavy atom. The van der Waals surface area contributed by atoms with Crippen molar-refractivity contribution in [1.29, 1.82) is 0 Å². The molecule has 1 N–H and O–H groups in total. The fourth-order valence-corrected chi connectivity index (χ4v) is 6.45. The third-order valence-corrected chi connectivity index (χ3v) is 8.75. The average molecular weight is 641 g/mol. The highest BCUT2D eigenvalue weighted by Crippen LogP contribution is 2.56. The van der Waals surface area contributed by atoms with Crippen molar-refractivity contribution in [3.8, 4) is 51.7 Å². The Balaban J connectivity index is 1.17. The van der Waals surface area contributed by atoms with E-state index < -0.39 is 36.1 Å². The molecule has 4 aliphatic rings. The second-order valence-corrected chi connectivity index (χ2v) is 11.3. The molecule has 0 radical (unpaired) electrons. The van der Waals surface area contributed by atoms with Crippen molar-refractivity contribution >= 4 is 0 Å². The predicted octanol–water partition coefficient (Wildman–Crippen LogP) is 3.83. The van der Waals surface area contributed by atoms with Crippen molar-refractivity contribution in [2.45, 2.75) is 30.2 Å². The van der Waals surface area contributed by atoms with Gasteiger partial charge in [-0.15, -0.1) is 0 Å². The lowest BCUT2D eigenvalue weighted by atomic mass is 9.85. The van der Waals surface area contributed by atoms with Gasteiger partial charge in [0.1, 0.15) is 11.5 Å². The fraction of sp³-hybridized carbons (Fsp3) is 0.455. The lowest BCUT2D eigenvalue weighted by Gasteiger charge is -2.35. The van der Waals surface area contributed by atoms with E-state index in [0.717, 1.165) is 5.56 Å². The maximum atomic E-state index is 12.0. The molecule has 0 spiro atoms. The Hall–Kier alpha value is -4.30. The van der Waals surface area contributed by atoms with Gasteiger partial charge in [0, 0.05) is 24.8 Å². The molecule has 2 saturated heterocycles. The van der Waals surface area contributed by atoms with E-state index in [1.807, 2.05) is 30.3 Å². The number of ether oxygens (including phenoxy) is 12. The van der Waals surface area contributed by atoms with E-state index in [2.05, 4.69) is 0 Å². The molecular formula is C33H36O13. The summed E-state index contributed by atoms with van der Waals surface area (Å²) < 4.78 is 70.5. The van der Waals surface area contributed by atoms with Crippen molar-refractivity contribution in [1.82, 2.24) is 0 Å². The van der Waals surface area contributed by atoms with Crippen LogP contribution in [0.3, 0.4) is 0 Å². The molecular weight excluding hydrogens is 604 g/mol. The summed E-state index contributed by atoms with van der Waals surface area (Å²) in [6, 6.07) is 12.9. The van der Waals surface area contributed by atoms with E-state index in [-0.39, 0.29) is 38.1 Å². The molecule has 0 aromatic heterocycles. The molecule has 0 unspecified atom stereocenters. The van der Waals surface area contributed by atoms with Crippen LogP contribution in [0, 0.1) is 5.92 Å². The molecule has 3 aromatic rings. The smallest absolute Gasteiger partial charge is 0.232 e. The van der Waals surface area contributed by atoms with E-state index >= 15 is 0 Å². The molecule has 4 aliphatic heterocycles. The molecule has 13 nitrogen and oxygen atoms in total. The summed E-state index contributed by atoms with van der Waals surface area (Å²) in [7, 11) is 7.78. The van der Waals surface area contributed by atoms with Crippen LogP contribution < -0.4 is 42.6 Å². The van der Waals surface area contributed by atoms with Crippen molar-refractivity contribution in [3.05, 3.63) is 53.6 Å². The lowest BCUT2D eigenvalue weighted by molar-refractivity contribution is -0.153. The van der Waals surface area contributed by atoms with Crippen LogP contribution in [0.2, 0.25) is 0 Å². The van der Waals surface area contributed by atoms with Crippen molar-refractivity contribution in [3.63, 3.8) is 0 Å². The zero-order valence-electron chi connectivity index (χ0n) is 26.1. The first-order valence-electron chi connectivity index (χ1n) is 14.8. The Kier molecular flexibility index (Phi) is 8.01. The Morgan fingerprint density at radius 2 is 1.61 bits per heavy atom. The molecule has 246 valence electrons. The maximum absolute atomic E-state index is 12.0. The van der Waals surface area contributed by atoms with Crippen LogP contribution >= 0.6 is 0 Å². The van der Waals surface area contributed by atoms with Crippen LogP contribution in [0.1, 0.15) is 23.3 Å². The molecule has 2 fully saturated rings. The first-order valence-corrected chi connectivity index (χ1v) is 14.8. The van der Waals surface area contributed by atoms with Gasteiger partial charge in [-0.1, -0.05) is 12.1 Å². The number of hydrogen-bond acceptors (Lipinski definition) is 13. The molecule has 4 heterocycles. The zero-order chi connectivity index (χ0) is 32.0. The minimum Gasteiger partial charge on any atom is -0.497 e. The number of methoxy groups -OCH3 is 5. The first-order chi connectivity index (χ1) is 22.4. The number of rotatable bonds is 10. The standard InChI is InChI=1S/C33H36O13/c1-35-14-26-27(17-7-6-8-18(9-17)36-2)45-23-11-21(37-3)19(10-22(23)44-26)28-20-13-40-32(33(20,34)15-41-28)46-30-24(38-4)12-25-29(31(30)39-5)43-16-42-25/h6-12,20,26-28,32,34H,13-16H2,1-5H3/t20-,26+,27+,28-,32-,33-/m0/s1. The van der Waals surface area contributed by atoms with E-state index in [1.54, 1.807) is 33.5 Å². The summed E-state index contributed by atoms with van der Waals surface area (Å²) in [5.41, 5.74) is 0.0270. The number of hydrogen-bond donors (Lipinski definition) is 1. The van der Waals surface area contributed by atoms with Gasteiger partial charge < -0.3 is 61.9 Å². The summed E-state index contributed by atoms with van der Waals surface area (Å²) in [6.07, 6.45) is -2.63. The SMILES string of the molecule is COC[C@H]1Oc2cc([C@@H]3OC[C@@]4(O)[C@H](Oc5c(OC)cc6c(c5OC)OCO6)OC[C@@H]34)c(OC)cc2O[C@@H]1c1cccc(OC)c1. The van der Waals surface area contributed by atoms with E-state index in [0.29, 0.717) is 45.8 Å². The van der Waals surface area contributed by atoms with Gasteiger partial charge in [-0.25, -0.2) is 0 Å². The van der Waals surface area contributed by atoms with E-state index in [9.17, 15) is 5.11 Å². The average Bonchev–Trinajstić information content (AvgIpc) is 3.77. The highest BCUT2D eigenvalue weighted by atomic mass is 16.7. The quantitative estimate of drug-likeness (QED) is 0.345. The molecule has 13 heteroatoms. The number of fused-ring (bicyclic) bond motifs is 3. The van der Waals surface area contributed by atoms with Crippen LogP contribution in [0.4, 0.5) is 0 Å². The molecule has 6 atom stereocenters. The van der Waals surface area contributed by atoms with Gasteiger partial charge in [-0.3, -0.25) is 0 Å². The summed E-state index contributed by atoms with van der Waals surface area (Å²) in [5, 5.41) is 12.0. The normalized spacial score (nSPS) is 27.2. The van der Waals surface area contributed by atoms with Gasteiger partial charge >= 0.3 is 0 Å². The third-order valence-electron chi connectivity index (χ3n) is 8.75. The maximum Gasteiger partial charge on any atom is 0.232 e. The van der Waals surface area contributed by atoms with E-state index in [1.165, 1.54) is 14.2 Å². The molecule has 3 aromatic carbocycles. The zero-order valence-corrected chi connectivity index (χ0v) is 26.1. The highest BCUT2D eigenvalue weighted by molar-refractivity contribution is 5.66. The monoisotopic (exact) mass is 640 g/mol. The van der Waals surface area contributed by atoms with Crippen molar-refractivity contribution < 1.29 is 61.9 Å². The van der Waals surface area contributed by atoms with E-state index in [4.69, 9.17) is 56.8 Å². The minimum atomic E-state index is -1.52. The lowest BCUT2D eigenvalue weighted by Crippen LogP contribution is -2.47. The summed E-state index contributed by atoms with van der Waals surface area (Å²) in [5.74, 6) is 3.35. The van der Waals surface area contributed by atoms with Crippen molar-refractivity contribution in [2.24, 2.45) is 5.92 Å². The Bertz CT molecular complexity index is 1590. The molecule has 0 amide bonds. The highest BCUT2D eigenvalue weighted by Gasteiger charge is 2.61. The molecule has 7 rings (SSSR count). The molecule has 0 aliphatic carbocycles. The topological polar surface area (TPSA) is 131 Å². The van der Waals surface area contributed by atoms with Gasteiger partial charge in [-0.05, 0) is 23.8 Å². The van der Waals surface area contributed by atoms with Gasteiger partial charge in [0.15, 0.2) is 40.8 Å². The second-order valence-electron chi connectivity index (χ2n) is 11.3. The van der Waals surface area contributed by atoms with Crippen molar-refractivity contribution in [2.75, 3.05) is 62.2 Å². The summed E-state index contributed by atoms with van der Waals surface area (Å²) in [6.45, 7) is 0.391. The van der Waals surface area contributed by atoms with Crippen LogP contribution in [0.15, 0.2) is 42.5 Å². The second kappa shape index (κ2) is 12.1. The van der Waals surface area contributed by atoms with Crippen LogP contribution in [0.25, 0.3) is 0 Å². The molecule has 0 bridgehead atoms. The van der Waals surface area contributed by atoms with Crippen LogP contribution in [-0.2, 0) is 14.2 Å². The number of benzene rings is 3. The van der Waals surface area contributed by atoms with Gasteiger partial charge in [0.2, 0.25) is 30.3 Å². The number of aliphatic hydroxyl groups is 1. The fourth-order valence-electron chi connectivity index (χ4n) is 6.45. The largest absolute Gasteiger partial charge is 0.497 e. The van der Waals surface area contributed by atoms with Gasteiger partial charge in [-0.2, -0.15) is 0 Å². The summed E-state index contributed by atoms with van der Waals surface area (Å²) >= 11 is 0. The Morgan fingerprint density at radius 3 is 2.37 bits per heavy atom. The Labute approximate surface area is 265 Å². The molecule has 46 heavy (non-hydrogen) atoms. The predicted molar refractivity (Wildman–Crippen MR) is 159 cm³/mol. The van der Waals surface area contributed by atoms with Gasteiger partial charge in [0.25, 0.3) is 0 Å². The van der Waals surface area contributed by atoms with Crippen LogP contribution in [0.5, 0.6) is 51.7 Å². The van der Waals surface area contributed by atoms with Crippen LogP contribution in [-0.4, -0.2) is 85.3 Å². The summed E-state index contributed by atoms with van der Waals surface area (Å²) in [4.78, 5) is 0. The minimum absolute atomic E-state index is 0.0327. The molecule has 0 saturated carbocycles. The first kappa shape index (κ1) is 30.4. The van der Waals surface area contributed by atoms with Gasteiger partial charge in [0.05, 0.1) is 60.3 Å². The third kappa shape index (κ3) is 4.94.